The van der Waals surface area contributed by atoms with Crippen LogP contribution < -0.4 is 15.9 Å². The van der Waals surface area contributed by atoms with E-state index in [0.717, 1.165) is 6.07 Å². The Kier molecular flexibility index (Phi) is 4.58. The first kappa shape index (κ1) is 18.8. The number of fused-ring (bicyclic) bond motifs is 3. The highest BCUT2D eigenvalue weighted by molar-refractivity contribution is 7.88. The maximum atomic E-state index is 13.8. The summed E-state index contributed by atoms with van der Waals surface area (Å²) in [5.41, 5.74) is -0.345. The lowest BCUT2D eigenvalue weighted by atomic mass is 10.2. The summed E-state index contributed by atoms with van der Waals surface area (Å²) in [6, 6.07) is 5.43. The first-order valence-electron chi connectivity index (χ1n) is 8.74. The maximum Gasteiger partial charge on any atom is 0.351 e. The van der Waals surface area contributed by atoms with Gasteiger partial charge in [0.2, 0.25) is 10.0 Å². The number of nitrogens with zero attached hydrogens (tertiary/aromatic N) is 4. The summed E-state index contributed by atoms with van der Waals surface area (Å²) in [5, 5.41) is 2.86. The zero-order valence-corrected chi connectivity index (χ0v) is 15.9. The van der Waals surface area contributed by atoms with Crippen LogP contribution in [0.4, 0.5) is 20.4 Å². The second-order valence-corrected chi connectivity index (χ2v) is 8.91. The Balaban J connectivity index is 1.55. The summed E-state index contributed by atoms with van der Waals surface area (Å²) in [6.45, 7) is 1.43. The van der Waals surface area contributed by atoms with Crippen molar-refractivity contribution in [3.05, 3.63) is 51.9 Å². The molecule has 0 saturated carbocycles. The highest BCUT2D eigenvalue weighted by Crippen LogP contribution is 2.29. The summed E-state index contributed by atoms with van der Waals surface area (Å²) in [7, 11) is -3.29. The van der Waals surface area contributed by atoms with E-state index in [4.69, 9.17) is 0 Å². The van der Waals surface area contributed by atoms with Crippen LogP contribution in [-0.4, -0.2) is 54.2 Å². The Bertz CT molecular complexity index is 1090. The molecule has 1 atom stereocenters. The Morgan fingerprint density at radius 1 is 1.25 bits per heavy atom. The van der Waals surface area contributed by atoms with E-state index in [9.17, 15) is 22.0 Å². The number of aromatic nitrogens is 2. The molecule has 2 aliphatic heterocycles. The molecule has 0 amide bonds. The van der Waals surface area contributed by atoms with Gasteiger partial charge < -0.3 is 10.2 Å². The number of nitrogens with one attached hydrogen (secondary N) is 1. The SMILES string of the molecule is CS(=O)(=O)N1CCN2c3cc(NCc4cccc(F)c4F)nc(=O)n3CC2C1. The number of halogens is 2. The maximum absolute atomic E-state index is 13.8. The molecular weight excluding hydrogens is 392 g/mol. The van der Waals surface area contributed by atoms with Gasteiger partial charge in [-0.05, 0) is 6.07 Å². The molecule has 2 aromatic rings. The molecule has 3 heterocycles. The second-order valence-electron chi connectivity index (χ2n) is 6.93. The van der Waals surface area contributed by atoms with Crippen molar-refractivity contribution in [2.24, 2.45) is 0 Å². The molecule has 1 aromatic heterocycles. The van der Waals surface area contributed by atoms with Crippen molar-refractivity contribution >= 4 is 21.7 Å². The molecule has 1 saturated heterocycles. The van der Waals surface area contributed by atoms with Crippen LogP contribution in [0.2, 0.25) is 0 Å². The molecule has 1 fully saturated rings. The average Bonchev–Trinajstić information content (AvgIpc) is 3.01. The molecule has 4 rings (SSSR count). The van der Waals surface area contributed by atoms with Crippen molar-refractivity contribution in [2.75, 3.05) is 36.1 Å². The zero-order valence-electron chi connectivity index (χ0n) is 15.1. The van der Waals surface area contributed by atoms with E-state index in [2.05, 4.69) is 10.3 Å². The van der Waals surface area contributed by atoms with E-state index in [-0.39, 0.29) is 24.0 Å². The molecule has 0 spiro atoms. The number of sulfonamides is 1. The quantitative estimate of drug-likeness (QED) is 0.793. The monoisotopic (exact) mass is 411 g/mol. The molecule has 0 radical (unpaired) electrons. The summed E-state index contributed by atoms with van der Waals surface area (Å²) in [6.07, 6.45) is 1.17. The molecule has 0 aliphatic carbocycles. The molecule has 1 aromatic carbocycles. The van der Waals surface area contributed by atoms with Gasteiger partial charge in [-0.2, -0.15) is 9.29 Å². The Hall–Kier alpha value is -2.53. The van der Waals surface area contributed by atoms with Gasteiger partial charge in [-0.3, -0.25) is 4.57 Å². The van der Waals surface area contributed by atoms with Crippen molar-refractivity contribution in [1.29, 1.82) is 0 Å². The van der Waals surface area contributed by atoms with Gasteiger partial charge in [-0.25, -0.2) is 22.0 Å². The minimum atomic E-state index is -3.29. The third kappa shape index (κ3) is 3.35. The number of hydrogen-bond donors (Lipinski definition) is 1. The average molecular weight is 411 g/mol. The van der Waals surface area contributed by atoms with Crippen LogP contribution >= 0.6 is 0 Å². The van der Waals surface area contributed by atoms with E-state index in [1.807, 2.05) is 4.90 Å². The number of benzene rings is 1. The van der Waals surface area contributed by atoms with Gasteiger partial charge in [0.05, 0.1) is 18.8 Å². The van der Waals surface area contributed by atoms with Crippen LogP contribution in [0.15, 0.2) is 29.1 Å². The van der Waals surface area contributed by atoms with E-state index >= 15 is 0 Å². The Labute approximate surface area is 160 Å². The van der Waals surface area contributed by atoms with Crippen LogP contribution in [0, 0.1) is 11.6 Å². The van der Waals surface area contributed by atoms with Crippen LogP contribution in [0.1, 0.15) is 5.56 Å². The second kappa shape index (κ2) is 6.82. The van der Waals surface area contributed by atoms with Crippen molar-refractivity contribution < 1.29 is 17.2 Å². The molecule has 150 valence electrons. The van der Waals surface area contributed by atoms with Crippen molar-refractivity contribution in [3.63, 3.8) is 0 Å². The topological polar surface area (TPSA) is 87.5 Å². The van der Waals surface area contributed by atoms with Gasteiger partial charge in [0.25, 0.3) is 0 Å². The molecule has 8 nitrogen and oxygen atoms in total. The summed E-state index contributed by atoms with van der Waals surface area (Å²) in [4.78, 5) is 18.3. The molecule has 1 unspecified atom stereocenters. The Morgan fingerprint density at radius 2 is 2.04 bits per heavy atom. The predicted molar refractivity (Wildman–Crippen MR) is 99.7 cm³/mol. The normalized spacial score (nSPS) is 19.4. The number of anilines is 2. The van der Waals surface area contributed by atoms with E-state index < -0.39 is 27.3 Å². The molecular formula is C17H19F2N5O3S. The molecule has 28 heavy (non-hydrogen) atoms. The van der Waals surface area contributed by atoms with Gasteiger partial charge in [0.1, 0.15) is 11.6 Å². The molecule has 2 aliphatic rings. The standard InChI is InChI=1S/C17H19F2N5O3S/c1-28(26,27)22-5-6-23-12(9-22)10-24-15(23)7-14(21-17(24)25)20-8-11-3-2-4-13(18)16(11)19/h2-4,7,12H,5-6,8-10H2,1H3,(H,20,21,25). The fraction of sp³-hybridized carbons (Fsp3) is 0.412. The minimum absolute atomic E-state index is 0.0230. The Morgan fingerprint density at radius 3 is 2.79 bits per heavy atom. The lowest BCUT2D eigenvalue weighted by Gasteiger charge is -2.36. The van der Waals surface area contributed by atoms with E-state index in [1.165, 1.54) is 27.3 Å². The van der Waals surface area contributed by atoms with Gasteiger partial charge in [-0.1, -0.05) is 12.1 Å². The van der Waals surface area contributed by atoms with Crippen LogP contribution in [0.25, 0.3) is 0 Å². The number of rotatable bonds is 4. The largest absolute Gasteiger partial charge is 0.366 e. The van der Waals surface area contributed by atoms with Crippen molar-refractivity contribution in [2.45, 2.75) is 19.1 Å². The fourth-order valence-electron chi connectivity index (χ4n) is 3.66. The highest BCUT2D eigenvalue weighted by Gasteiger charge is 2.37. The van der Waals surface area contributed by atoms with Gasteiger partial charge in [0.15, 0.2) is 11.6 Å². The summed E-state index contributed by atoms with van der Waals surface area (Å²) >= 11 is 0. The summed E-state index contributed by atoms with van der Waals surface area (Å²) in [5.74, 6) is -0.982. The fourth-order valence-corrected chi connectivity index (χ4v) is 4.52. The highest BCUT2D eigenvalue weighted by atomic mass is 32.2. The van der Waals surface area contributed by atoms with E-state index in [1.54, 1.807) is 6.07 Å². The smallest absolute Gasteiger partial charge is 0.351 e. The van der Waals surface area contributed by atoms with Crippen LogP contribution in [0.3, 0.4) is 0 Å². The first-order chi connectivity index (χ1) is 13.2. The summed E-state index contributed by atoms with van der Waals surface area (Å²) < 4.78 is 53.6. The zero-order chi connectivity index (χ0) is 20.1. The third-order valence-electron chi connectivity index (χ3n) is 5.08. The van der Waals surface area contributed by atoms with Crippen LogP contribution in [-0.2, 0) is 23.1 Å². The van der Waals surface area contributed by atoms with E-state index in [0.29, 0.717) is 32.0 Å². The van der Waals surface area contributed by atoms with Gasteiger partial charge in [-0.15, -0.1) is 0 Å². The molecule has 1 N–H and O–H groups in total. The predicted octanol–water partition coefficient (Wildman–Crippen LogP) is 0.597. The van der Waals surface area contributed by atoms with Crippen molar-refractivity contribution in [1.82, 2.24) is 13.9 Å². The van der Waals surface area contributed by atoms with Crippen LogP contribution in [0.5, 0.6) is 0 Å². The third-order valence-corrected chi connectivity index (χ3v) is 6.35. The number of piperazine rings is 1. The minimum Gasteiger partial charge on any atom is -0.366 e. The first-order valence-corrected chi connectivity index (χ1v) is 10.6. The lowest BCUT2D eigenvalue weighted by molar-refractivity contribution is 0.335. The molecule has 0 bridgehead atoms. The lowest BCUT2D eigenvalue weighted by Crippen LogP contribution is -2.53. The molecule has 11 heteroatoms. The number of hydrogen-bond acceptors (Lipinski definition) is 6. The van der Waals surface area contributed by atoms with Crippen molar-refractivity contribution in [3.8, 4) is 0 Å². The van der Waals surface area contributed by atoms with Gasteiger partial charge in [0, 0.05) is 37.8 Å². The van der Waals surface area contributed by atoms with Gasteiger partial charge >= 0.3 is 5.69 Å².